The van der Waals surface area contributed by atoms with Crippen LogP contribution in [-0.4, -0.2) is 53.9 Å². The summed E-state index contributed by atoms with van der Waals surface area (Å²) in [6.45, 7) is 0.842. The van der Waals surface area contributed by atoms with Crippen LogP contribution in [0.25, 0.3) is 0 Å². The molecular formula is C12H16F3NO4. The Hall–Kier alpha value is -1.31. The summed E-state index contributed by atoms with van der Waals surface area (Å²) in [5.74, 6) is -3.13. The number of halogens is 3. The second-order valence-electron chi connectivity index (χ2n) is 5.50. The standard InChI is InChI=1S/C12H16F3NO4/c13-12(14,15)10(19)16-7-11(1-3-20-4-2-11)6-8(16)5-9(17)18/h8H,1-7H2,(H,17,18). The molecule has 1 amide bonds. The van der Waals surface area contributed by atoms with Crippen molar-refractivity contribution in [3.63, 3.8) is 0 Å². The van der Waals surface area contributed by atoms with Gasteiger partial charge < -0.3 is 14.7 Å². The molecule has 2 saturated heterocycles. The van der Waals surface area contributed by atoms with Gasteiger partial charge in [-0.25, -0.2) is 0 Å². The number of nitrogens with zero attached hydrogens (tertiary/aromatic N) is 1. The minimum Gasteiger partial charge on any atom is -0.481 e. The van der Waals surface area contributed by atoms with Gasteiger partial charge in [0, 0.05) is 25.8 Å². The highest BCUT2D eigenvalue weighted by Crippen LogP contribution is 2.44. The molecule has 1 N–H and O–H groups in total. The van der Waals surface area contributed by atoms with E-state index in [0.29, 0.717) is 37.4 Å². The van der Waals surface area contributed by atoms with Crippen LogP contribution in [0.4, 0.5) is 13.2 Å². The van der Waals surface area contributed by atoms with Gasteiger partial charge in [-0.3, -0.25) is 9.59 Å². The van der Waals surface area contributed by atoms with Crippen LogP contribution in [0, 0.1) is 5.41 Å². The third kappa shape index (κ3) is 3.05. The van der Waals surface area contributed by atoms with Crippen LogP contribution < -0.4 is 0 Å². The van der Waals surface area contributed by atoms with Gasteiger partial charge in [-0.2, -0.15) is 13.2 Å². The molecule has 2 aliphatic rings. The van der Waals surface area contributed by atoms with Crippen molar-refractivity contribution in [2.24, 2.45) is 5.41 Å². The van der Waals surface area contributed by atoms with Crippen molar-refractivity contribution in [3.8, 4) is 0 Å². The fraction of sp³-hybridized carbons (Fsp3) is 0.833. The maximum absolute atomic E-state index is 12.6. The van der Waals surface area contributed by atoms with E-state index in [2.05, 4.69) is 0 Å². The fourth-order valence-corrected chi connectivity index (χ4v) is 3.12. The monoisotopic (exact) mass is 295 g/mol. The largest absolute Gasteiger partial charge is 0.481 e. The first-order valence-corrected chi connectivity index (χ1v) is 6.41. The van der Waals surface area contributed by atoms with Gasteiger partial charge >= 0.3 is 18.1 Å². The highest BCUT2D eigenvalue weighted by Gasteiger charge is 2.53. The average molecular weight is 295 g/mol. The zero-order chi connectivity index (χ0) is 15.0. The molecule has 2 aliphatic heterocycles. The van der Waals surface area contributed by atoms with Crippen LogP contribution >= 0.6 is 0 Å². The number of hydrogen-bond acceptors (Lipinski definition) is 3. The summed E-state index contributed by atoms with van der Waals surface area (Å²) in [6, 6.07) is -0.889. The van der Waals surface area contributed by atoms with E-state index in [9.17, 15) is 22.8 Å². The molecule has 2 heterocycles. The zero-order valence-electron chi connectivity index (χ0n) is 10.8. The predicted octanol–water partition coefficient (Wildman–Crippen LogP) is 1.42. The van der Waals surface area contributed by atoms with E-state index in [1.807, 2.05) is 0 Å². The lowest BCUT2D eigenvalue weighted by Gasteiger charge is -2.33. The number of rotatable bonds is 2. The summed E-state index contributed by atoms with van der Waals surface area (Å²) in [5.41, 5.74) is -0.431. The Morgan fingerprint density at radius 3 is 2.40 bits per heavy atom. The second kappa shape index (κ2) is 5.23. The Morgan fingerprint density at radius 1 is 1.30 bits per heavy atom. The number of alkyl halides is 3. The van der Waals surface area contributed by atoms with Gasteiger partial charge in [0.25, 0.3) is 0 Å². The van der Waals surface area contributed by atoms with E-state index in [0.717, 1.165) is 0 Å². The first kappa shape index (κ1) is 15.1. The third-order valence-corrected chi connectivity index (χ3v) is 4.08. The molecule has 2 fully saturated rings. The average Bonchev–Trinajstić information content (AvgIpc) is 2.65. The van der Waals surface area contributed by atoms with Gasteiger partial charge in [-0.1, -0.05) is 0 Å². The van der Waals surface area contributed by atoms with Crippen LogP contribution in [0.5, 0.6) is 0 Å². The smallest absolute Gasteiger partial charge is 0.471 e. The Kier molecular flexibility index (Phi) is 3.95. The van der Waals surface area contributed by atoms with E-state index >= 15 is 0 Å². The topological polar surface area (TPSA) is 66.8 Å². The Labute approximate surface area is 113 Å². The van der Waals surface area contributed by atoms with Gasteiger partial charge in [-0.15, -0.1) is 0 Å². The molecule has 0 aromatic heterocycles. The van der Waals surface area contributed by atoms with E-state index in [1.54, 1.807) is 0 Å². The van der Waals surface area contributed by atoms with E-state index < -0.39 is 35.9 Å². The Morgan fingerprint density at radius 2 is 1.90 bits per heavy atom. The molecule has 2 rings (SSSR count). The number of likely N-dealkylation sites (tertiary alicyclic amines) is 1. The number of amides is 1. The molecule has 20 heavy (non-hydrogen) atoms. The number of carboxylic acids is 1. The van der Waals surface area contributed by atoms with Crippen molar-refractivity contribution in [3.05, 3.63) is 0 Å². The number of ether oxygens (including phenoxy) is 1. The van der Waals surface area contributed by atoms with E-state index in [4.69, 9.17) is 9.84 Å². The summed E-state index contributed by atoms with van der Waals surface area (Å²) < 4.78 is 43.0. The lowest BCUT2D eigenvalue weighted by atomic mass is 9.78. The third-order valence-electron chi connectivity index (χ3n) is 4.08. The maximum atomic E-state index is 12.6. The van der Waals surface area contributed by atoms with Crippen LogP contribution in [-0.2, 0) is 14.3 Å². The van der Waals surface area contributed by atoms with Crippen molar-refractivity contribution >= 4 is 11.9 Å². The summed E-state index contributed by atoms with van der Waals surface area (Å²) in [7, 11) is 0. The van der Waals surface area contributed by atoms with Gasteiger partial charge in [0.1, 0.15) is 0 Å². The van der Waals surface area contributed by atoms with E-state index in [-0.39, 0.29) is 6.54 Å². The Balaban J connectivity index is 2.18. The van der Waals surface area contributed by atoms with Crippen LogP contribution in [0.3, 0.4) is 0 Å². The molecule has 0 bridgehead atoms. The van der Waals surface area contributed by atoms with Crippen molar-refractivity contribution < 1.29 is 32.6 Å². The SMILES string of the molecule is O=C(O)CC1CC2(CCOCC2)CN1C(=O)C(F)(F)F. The van der Waals surface area contributed by atoms with Crippen LogP contribution in [0.1, 0.15) is 25.7 Å². The van der Waals surface area contributed by atoms with Gasteiger partial charge in [-0.05, 0) is 24.7 Å². The molecule has 1 spiro atoms. The molecule has 0 aliphatic carbocycles. The molecule has 0 radical (unpaired) electrons. The summed E-state index contributed by atoms with van der Waals surface area (Å²) in [5, 5.41) is 8.82. The molecule has 0 saturated carbocycles. The summed E-state index contributed by atoms with van der Waals surface area (Å²) >= 11 is 0. The van der Waals surface area contributed by atoms with Crippen LogP contribution in [0.15, 0.2) is 0 Å². The quantitative estimate of drug-likeness (QED) is 0.836. The first-order valence-electron chi connectivity index (χ1n) is 6.41. The summed E-state index contributed by atoms with van der Waals surface area (Å²) in [6.07, 6.45) is -4.00. The highest BCUT2D eigenvalue weighted by molar-refractivity contribution is 5.83. The second-order valence-corrected chi connectivity index (χ2v) is 5.50. The molecule has 1 atom stereocenters. The molecule has 1 unspecified atom stereocenters. The fourth-order valence-electron chi connectivity index (χ4n) is 3.12. The number of aliphatic carboxylic acids is 1. The minimum atomic E-state index is -4.96. The molecule has 8 heteroatoms. The highest BCUT2D eigenvalue weighted by atomic mass is 19.4. The van der Waals surface area contributed by atoms with Crippen molar-refractivity contribution in [2.45, 2.75) is 37.9 Å². The van der Waals surface area contributed by atoms with Crippen LogP contribution in [0.2, 0.25) is 0 Å². The zero-order valence-corrected chi connectivity index (χ0v) is 10.8. The molecule has 0 aromatic rings. The number of carbonyl (C=O) groups excluding carboxylic acids is 1. The number of hydrogen-bond donors (Lipinski definition) is 1. The molecule has 5 nitrogen and oxygen atoms in total. The van der Waals surface area contributed by atoms with E-state index in [1.165, 1.54) is 0 Å². The summed E-state index contributed by atoms with van der Waals surface area (Å²) in [4.78, 5) is 23.0. The Bertz CT molecular complexity index is 404. The normalized spacial score (nSPS) is 25.9. The lowest BCUT2D eigenvalue weighted by molar-refractivity contribution is -0.187. The lowest BCUT2D eigenvalue weighted by Crippen LogP contribution is -2.45. The van der Waals surface area contributed by atoms with Crippen molar-refractivity contribution in [1.82, 2.24) is 4.90 Å². The molecule has 0 aromatic carbocycles. The van der Waals surface area contributed by atoms with Gasteiger partial charge in [0.2, 0.25) is 0 Å². The van der Waals surface area contributed by atoms with Gasteiger partial charge in [0.15, 0.2) is 0 Å². The van der Waals surface area contributed by atoms with Crippen molar-refractivity contribution in [1.29, 1.82) is 0 Å². The maximum Gasteiger partial charge on any atom is 0.471 e. The first-order chi connectivity index (χ1) is 9.23. The van der Waals surface area contributed by atoms with Crippen molar-refractivity contribution in [2.75, 3.05) is 19.8 Å². The number of carbonyl (C=O) groups is 2. The van der Waals surface area contributed by atoms with Gasteiger partial charge in [0.05, 0.1) is 6.42 Å². The minimum absolute atomic E-state index is 0.0351. The number of carboxylic acid groups (broad SMARTS) is 1. The molecular weight excluding hydrogens is 279 g/mol. The molecule has 114 valence electrons. The predicted molar refractivity (Wildman–Crippen MR) is 60.9 cm³/mol.